The highest BCUT2D eigenvalue weighted by atomic mass is 35.5. The van der Waals surface area contributed by atoms with Gasteiger partial charge in [-0.25, -0.2) is 0 Å². The van der Waals surface area contributed by atoms with Gasteiger partial charge < -0.3 is 0 Å². The third-order valence-electron chi connectivity index (χ3n) is 17.6. The molecule has 0 heterocycles. The van der Waals surface area contributed by atoms with Crippen LogP contribution in [-0.4, -0.2) is 0 Å². The van der Waals surface area contributed by atoms with Gasteiger partial charge in [0.05, 0.1) is 0 Å². The largest absolute Gasteiger partial charge is 0.0843 e. The Hall–Kier alpha value is -7.50. The van der Waals surface area contributed by atoms with Gasteiger partial charge in [-0.3, -0.25) is 0 Å². The molecule has 0 atom stereocenters. The molecule has 0 spiro atoms. The van der Waals surface area contributed by atoms with Gasteiger partial charge in [0, 0.05) is 50.2 Å². The molecule has 0 aliphatic carbocycles. The number of hydrogen-bond donors (Lipinski definition) is 0. The minimum atomic E-state index is 0.598. The molecule has 16 aromatic rings. The lowest BCUT2D eigenvalue weighted by Gasteiger charge is -2.27. The Balaban J connectivity index is 1.38. The molecule has 90 heavy (non-hydrogen) atoms. The normalized spacial score (nSPS) is 11.9. The van der Waals surface area contributed by atoms with E-state index in [1.165, 1.54) is 0 Å². The summed E-state index contributed by atoms with van der Waals surface area (Å²) in [5, 5.41) is 16.3. The molecule has 0 nitrogen and oxygen atoms in total. The van der Waals surface area contributed by atoms with Crippen LogP contribution >= 0.6 is 116 Å². The third kappa shape index (κ3) is 9.41. The fraction of sp³-hybridized carbons (Fsp3) is 0. The van der Waals surface area contributed by atoms with Crippen molar-refractivity contribution in [3.63, 3.8) is 0 Å². The maximum Gasteiger partial charge on any atom is 0.0406 e. The minimum Gasteiger partial charge on any atom is -0.0843 e. The van der Waals surface area contributed by atoms with Crippen LogP contribution in [0.15, 0.2) is 243 Å². The van der Waals surface area contributed by atoms with Crippen molar-refractivity contribution >= 4 is 170 Å². The third-order valence-corrected chi connectivity index (χ3v) is 20.1. The number of rotatable bonds is 10. The van der Waals surface area contributed by atoms with Crippen molar-refractivity contribution in [3.05, 3.63) is 293 Å². The molecular weight excluding hydrogens is 1320 g/mol. The van der Waals surface area contributed by atoms with Crippen molar-refractivity contribution in [1.29, 1.82) is 0 Å². The Labute approximate surface area is 568 Å². The van der Waals surface area contributed by atoms with E-state index in [-0.39, 0.29) is 0 Å². The van der Waals surface area contributed by atoms with E-state index in [0.29, 0.717) is 50.2 Å². The summed E-state index contributed by atoms with van der Waals surface area (Å²) in [5.74, 6) is 0. The molecule has 430 valence electrons. The maximum absolute atomic E-state index is 7.00. The Bertz CT molecular complexity index is 4330. The molecule has 0 radical (unpaired) electrons. The first-order chi connectivity index (χ1) is 43.8. The number of hydrogen-bond acceptors (Lipinski definition) is 0. The van der Waals surface area contributed by atoms with Crippen molar-refractivity contribution in [3.8, 4) is 111 Å². The van der Waals surface area contributed by atoms with Gasteiger partial charge >= 0.3 is 0 Å². The average Bonchev–Trinajstić information content (AvgIpc) is 1.43. The van der Waals surface area contributed by atoms with Crippen LogP contribution in [-0.2, 0) is 0 Å². The Morgan fingerprint density at radius 1 is 0.100 bits per heavy atom. The van der Waals surface area contributed by atoms with Crippen molar-refractivity contribution in [2.24, 2.45) is 0 Å². The van der Waals surface area contributed by atoms with Crippen LogP contribution in [0.3, 0.4) is 0 Å². The molecule has 16 aromatic carbocycles. The molecule has 0 bridgehead atoms. The molecule has 0 aromatic heterocycles. The summed E-state index contributed by atoms with van der Waals surface area (Å²) in [7, 11) is 0. The smallest absolute Gasteiger partial charge is 0.0406 e. The van der Waals surface area contributed by atoms with E-state index in [9.17, 15) is 0 Å². The van der Waals surface area contributed by atoms with Crippen LogP contribution in [0.1, 0.15) is 0 Å². The molecule has 0 saturated heterocycles. The lowest BCUT2D eigenvalue weighted by molar-refractivity contribution is 1.60. The molecule has 0 aliphatic heterocycles. The average molecular weight is 1360 g/mol. The van der Waals surface area contributed by atoms with E-state index in [4.69, 9.17) is 116 Å². The highest BCUT2D eigenvalue weighted by Gasteiger charge is 2.39. The summed E-state index contributed by atoms with van der Waals surface area (Å²) in [4.78, 5) is 0. The first-order valence-corrected chi connectivity index (χ1v) is 32.6. The van der Waals surface area contributed by atoms with Crippen LogP contribution in [0.5, 0.6) is 0 Å². The van der Waals surface area contributed by atoms with E-state index in [2.05, 4.69) is 121 Å². The fourth-order valence-electron chi connectivity index (χ4n) is 14.1. The van der Waals surface area contributed by atoms with E-state index in [0.717, 1.165) is 165 Å². The second-order valence-corrected chi connectivity index (χ2v) is 26.9. The molecule has 0 amide bonds. The summed E-state index contributed by atoms with van der Waals surface area (Å²) in [6.45, 7) is 0. The van der Waals surface area contributed by atoms with Gasteiger partial charge in [-0.05, 0) is 286 Å². The Morgan fingerprint density at radius 2 is 0.178 bits per heavy atom. The predicted molar refractivity (Wildman–Crippen MR) is 392 cm³/mol. The van der Waals surface area contributed by atoms with Crippen molar-refractivity contribution in [1.82, 2.24) is 0 Å². The van der Waals surface area contributed by atoms with E-state index >= 15 is 0 Å². The predicted octanol–water partition coefficient (Wildman–Crippen LogP) is 29.0. The molecule has 0 fully saturated rings. The molecule has 0 aliphatic rings. The molecular formula is C80H40Cl10. The van der Waals surface area contributed by atoms with E-state index in [1.807, 2.05) is 121 Å². The fourth-order valence-corrected chi connectivity index (χ4v) is 15.3. The molecule has 10 heteroatoms. The van der Waals surface area contributed by atoms with Gasteiger partial charge in [-0.15, -0.1) is 0 Å². The standard InChI is InChI=1S/C80H40Cl10/c81-51-21-1-41(2-22-51)61-62(42-3-23-52(82)24-4-42)72-65(45-9-29-55(85)30-10-45)66(46-11-31-56(86)32-12-46)74-69(49-17-37-59(89)38-18-49)70(50-19-39-60(90)40-20-50)75-68(48-15-35-58(88)36-16-48)67(47-13-33-57(87)34-14-47)73-64(44-7-27-54(84)28-8-44)63(43-5-25-53(83)26-6-43)71(61)76-77(72)79(74)80(75)78(73)76/h1-40H. The minimum absolute atomic E-state index is 0.598. The Morgan fingerprint density at radius 3 is 0.256 bits per heavy atom. The SMILES string of the molecule is Clc1ccc(-c2c(-c3ccc(Cl)cc3)c3c(-c4ccc(Cl)cc4)c(-c4ccc(Cl)cc4)c4c(-c5ccc(Cl)cc5)c(-c5ccc(Cl)cc5)c5c(-c6ccc(Cl)cc6)c(-c6ccc(Cl)cc6)c6c(-c7ccc(Cl)cc7)c(-c7ccc(Cl)cc7)c2c2c3c4c5c62)cc1. The summed E-state index contributed by atoms with van der Waals surface area (Å²) in [6, 6.07) is 82.3. The molecule has 0 saturated carbocycles. The van der Waals surface area contributed by atoms with E-state index < -0.39 is 0 Å². The zero-order valence-corrected chi connectivity index (χ0v) is 54.4. The molecule has 0 N–H and O–H groups in total. The van der Waals surface area contributed by atoms with Crippen LogP contribution in [0.4, 0.5) is 0 Å². The van der Waals surface area contributed by atoms with E-state index in [1.54, 1.807) is 0 Å². The lowest BCUT2D eigenvalue weighted by atomic mass is 9.75. The second kappa shape index (κ2) is 22.7. The topological polar surface area (TPSA) is 0 Å². The van der Waals surface area contributed by atoms with Crippen LogP contribution in [0, 0.1) is 0 Å². The highest BCUT2D eigenvalue weighted by molar-refractivity contribution is 6.56. The molecule has 16 rings (SSSR count). The van der Waals surface area contributed by atoms with Gasteiger partial charge in [0.2, 0.25) is 0 Å². The van der Waals surface area contributed by atoms with Gasteiger partial charge in [0.15, 0.2) is 0 Å². The summed E-state index contributed by atoms with van der Waals surface area (Å²) >= 11 is 70.0. The first-order valence-electron chi connectivity index (χ1n) is 28.9. The van der Waals surface area contributed by atoms with Crippen molar-refractivity contribution < 1.29 is 0 Å². The second-order valence-electron chi connectivity index (χ2n) is 22.6. The van der Waals surface area contributed by atoms with Crippen LogP contribution in [0.25, 0.3) is 165 Å². The maximum atomic E-state index is 7.00. The lowest BCUT2D eigenvalue weighted by Crippen LogP contribution is -2.00. The zero-order chi connectivity index (χ0) is 61.4. The number of benzene rings is 15. The summed E-state index contributed by atoms with van der Waals surface area (Å²) in [6.07, 6.45) is 0. The van der Waals surface area contributed by atoms with Gasteiger partial charge in [0.1, 0.15) is 0 Å². The Kier molecular flexibility index (Phi) is 14.5. The first kappa shape index (κ1) is 57.6. The quantitative estimate of drug-likeness (QED) is 0.120. The summed E-state index contributed by atoms with van der Waals surface area (Å²) in [5.41, 5.74) is 19.1. The van der Waals surface area contributed by atoms with Gasteiger partial charge in [-0.1, -0.05) is 237 Å². The zero-order valence-electron chi connectivity index (χ0n) is 46.9. The number of halogens is 10. The van der Waals surface area contributed by atoms with Crippen molar-refractivity contribution in [2.45, 2.75) is 0 Å². The van der Waals surface area contributed by atoms with Gasteiger partial charge in [0.25, 0.3) is 0 Å². The van der Waals surface area contributed by atoms with Crippen molar-refractivity contribution in [2.75, 3.05) is 0 Å². The molecule has 0 unspecified atom stereocenters. The van der Waals surface area contributed by atoms with Crippen LogP contribution < -0.4 is 0 Å². The van der Waals surface area contributed by atoms with Crippen LogP contribution in [0.2, 0.25) is 50.2 Å². The monoisotopic (exact) mass is 1350 g/mol. The van der Waals surface area contributed by atoms with Gasteiger partial charge in [-0.2, -0.15) is 0 Å². The summed E-state index contributed by atoms with van der Waals surface area (Å²) < 4.78 is 0. The highest BCUT2D eigenvalue weighted by Crippen LogP contribution is 2.67.